The number of aromatic nitrogens is 4. The van der Waals surface area contributed by atoms with Crippen LogP contribution in [0.2, 0.25) is 0 Å². The van der Waals surface area contributed by atoms with E-state index in [2.05, 4.69) is 41.0 Å². The molecule has 0 fully saturated rings. The topological polar surface area (TPSA) is 163 Å². The number of para-hydroxylation sites is 6. The Labute approximate surface area is 289 Å². The van der Waals surface area contributed by atoms with E-state index in [0.717, 1.165) is 32.8 Å². The van der Waals surface area contributed by atoms with Gasteiger partial charge in [-0.2, -0.15) is 10.2 Å². The zero-order chi connectivity index (χ0) is 33.0. The molecule has 4 aromatic carbocycles. The SMILES string of the molecule is C/C(=N\NC(=O)c1cc2ccccc2o1)c1nc2ccccc2[n-]1.C/C(=N\NC(=O)c1cc2ccccc2o1)c1nc2ccccc2[n-]1.[Cu+2]. The molecule has 8 aromatic rings. The van der Waals surface area contributed by atoms with Crippen molar-refractivity contribution in [3.8, 4) is 0 Å². The molecule has 0 saturated carbocycles. The molecule has 0 atom stereocenters. The van der Waals surface area contributed by atoms with Crippen LogP contribution >= 0.6 is 0 Å². The number of benzene rings is 4. The van der Waals surface area contributed by atoms with Crippen molar-refractivity contribution in [1.82, 2.24) is 30.8 Å². The smallest absolute Gasteiger partial charge is 0.451 e. The number of hydrazone groups is 2. The van der Waals surface area contributed by atoms with E-state index in [1.165, 1.54) is 0 Å². The van der Waals surface area contributed by atoms with Crippen LogP contribution in [0.5, 0.6) is 0 Å². The van der Waals surface area contributed by atoms with Gasteiger partial charge in [0.15, 0.2) is 11.5 Å². The summed E-state index contributed by atoms with van der Waals surface area (Å²) in [6.45, 7) is 3.49. The minimum absolute atomic E-state index is 0. The zero-order valence-corrected chi connectivity index (χ0v) is 27.0. The maximum Gasteiger partial charge on any atom is 2.00 e. The molecule has 0 unspecified atom stereocenters. The number of rotatable bonds is 6. The number of imidazole rings is 2. The van der Waals surface area contributed by atoms with Gasteiger partial charge in [-0.05, 0) is 71.8 Å². The van der Waals surface area contributed by atoms with Gasteiger partial charge in [0.05, 0.1) is 11.4 Å². The van der Waals surface area contributed by atoms with E-state index in [0.29, 0.717) is 34.2 Å². The molecule has 49 heavy (non-hydrogen) atoms. The number of carbonyl (C=O) groups is 2. The molecule has 4 heterocycles. The van der Waals surface area contributed by atoms with Crippen LogP contribution in [-0.2, 0) is 17.1 Å². The third kappa shape index (κ3) is 7.18. The zero-order valence-electron chi connectivity index (χ0n) is 26.0. The maximum atomic E-state index is 12.2. The van der Waals surface area contributed by atoms with Crippen LogP contribution < -0.4 is 20.8 Å². The molecule has 0 aliphatic carbocycles. The van der Waals surface area contributed by atoms with Crippen molar-refractivity contribution in [2.24, 2.45) is 10.2 Å². The van der Waals surface area contributed by atoms with Gasteiger partial charge in [-0.3, -0.25) is 9.59 Å². The summed E-state index contributed by atoms with van der Waals surface area (Å²) in [5.41, 5.74) is 10.5. The van der Waals surface area contributed by atoms with Gasteiger partial charge in [-0.15, -0.1) is 0 Å². The van der Waals surface area contributed by atoms with Gasteiger partial charge in [0, 0.05) is 10.8 Å². The van der Waals surface area contributed by atoms with Crippen molar-refractivity contribution in [3.05, 3.63) is 132 Å². The number of nitrogens with one attached hydrogen (secondary N) is 2. The average Bonchev–Trinajstić information content (AvgIpc) is 3.93. The molecular formula is C36H26CuN8O4. The first-order valence-corrected chi connectivity index (χ1v) is 14.9. The Morgan fingerprint density at radius 3 is 1.39 bits per heavy atom. The number of nitrogens with zero attached hydrogens (tertiary/aromatic N) is 6. The summed E-state index contributed by atoms with van der Waals surface area (Å²) >= 11 is 0. The number of hydrogen-bond acceptors (Lipinski definition) is 8. The summed E-state index contributed by atoms with van der Waals surface area (Å²) in [4.78, 5) is 41.9. The molecule has 2 amide bonds. The van der Waals surface area contributed by atoms with Crippen LogP contribution in [0.1, 0.15) is 46.6 Å². The molecule has 1 radical (unpaired) electrons. The Balaban J connectivity index is 0.000000167. The molecule has 12 nitrogen and oxygen atoms in total. The first-order chi connectivity index (χ1) is 23.4. The third-order valence-electron chi connectivity index (χ3n) is 7.27. The Kier molecular flexibility index (Phi) is 9.47. The molecule has 0 spiro atoms. The van der Waals surface area contributed by atoms with Gasteiger partial charge in [-0.25, -0.2) is 10.9 Å². The first-order valence-electron chi connectivity index (χ1n) is 14.9. The second-order valence-corrected chi connectivity index (χ2v) is 10.6. The van der Waals surface area contributed by atoms with Crippen molar-refractivity contribution in [2.45, 2.75) is 13.8 Å². The molecule has 2 N–H and O–H groups in total. The third-order valence-corrected chi connectivity index (χ3v) is 7.27. The predicted molar refractivity (Wildman–Crippen MR) is 182 cm³/mol. The molecular weight excluding hydrogens is 672 g/mol. The largest absolute Gasteiger partial charge is 2.00 e. The fourth-order valence-electron chi connectivity index (χ4n) is 4.80. The number of carbonyl (C=O) groups excluding carboxylic acids is 2. The van der Waals surface area contributed by atoms with Crippen molar-refractivity contribution < 1.29 is 35.5 Å². The van der Waals surface area contributed by atoms with Crippen molar-refractivity contribution in [2.75, 3.05) is 0 Å². The summed E-state index contributed by atoms with van der Waals surface area (Å²) in [6, 6.07) is 33.4. The van der Waals surface area contributed by atoms with Gasteiger partial charge in [0.2, 0.25) is 0 Å². The molecule has 8 rings (SSSR count). The minimum Gasteiger partial charge on any atom is -0.451 e. The van der Waals surface area contributed by atoms with Gasteiger partial charge in [-0.1, -0.05) is 84.9 Å². The second-order valence-electron chi connectivity index (χ2n) is 10.6. The van der Waals surface area contributed by atoms with Crippen LogP contribution in [0.4, 0.5) is 0 Å². The van der Waals surface area contributed by atoms with Gasteiger partial charge < -0.3 is 28.8 Å². The molecule has 0 saturated heterocycles. The van der Waals surface area contributed by atoms with Crippen LogP contribution in [0.25, 0.3) is 44.0 Å². The van der Waals surface area contributed by atoms with Crippen LogP contribution in [0.15, 0.2) is 128 Å². The quantitative estimate of drug-likeness (QED) is 0.118. The second kappa shape index (κ2) is 14.2. The van der Waals surface area contributed by atoms with Gasteiger partial charge >= 0.3 is 28.9 Å². The van der Waals surface area contributed by atoms with E-state index in [9.17, 15) is 9.59 Å². The van der Waals surface area contributed by atoms with E-state index in [4.69, 9.17) is 8.83 Å². The molecule has 0 aliphatic heterocycles. The van der Waals surface area contributed by atoms with Crippen molar-refractivity contribution >= 4 is 67.2 Å². The summed E-state index contributed by atoms with van der Waals surface area (Å²) in [7, 11) is 0. The Morgan fingerprint density at radius 1 is 0.592 bits per heavy atom. The molecule has 0 aliphatic rings. The number of fused-ring (bicyclic) bond motifs is 4. The predicted octanol–water partition coefficient (Wildman–Crippen LogP) is 6.18. The van der Waals surface area contributed by atoms with E-state index in [-0.39, 0.29) is 28.6 Å². The monoisotopic (exact) mass is 697 g/mol. The standard InChI is InChI=1S/2C18H14N4O2.Cu/c2*1-11(17-19-13-7-3-4-8-14(13)20-17)21-22-18(23)16-10-12-6-2-5-9-15(12)24-16;/h2*2-10H,1H3,(H2,19,20,21,22,23);/q;;+2/p-2. The van der Waals surface area contributed by atoms with E-state index >= 15 is 0 Å². The first kappa shape index (κ1) is 32.6. The van der Waals surface area contributed by atoms with Gasteiger partial charge in [0.25, 0.3) is 0 Å². The summed E-state index contributed by atoms with van der Waals surface area (Å²) in [6.07, 6.45) is 0. The van der Waals surface area contributed by atoms with E-state index in [1.54, 1.807) is 26.0 Å². The fraction of sp³-hybridized carbons (Fsp3) is 0.0556. The number of furan rings is 2. The summed E-state index contributed by atoms with van der Waals surface area (Å²) in [5, 5.41) is 9.88. The van der Waals surface area contributed by atoms with Gasteiger partial charge in [0.1, 0.15) is 11.2 Å². The normalized spacial score (nSPS) is 11.7. The maximum absolute atomic E-state index is 12.2. The molecule has 245 valence electrons. The van der Waals surface area contributed by atoms with E-state index < -0.39 is 11.8 Å². The van der Waals surface area contributed by atoms with Crippen molar-refractivity contribution in [3.63, 3.8) is 0 Å². The Hall–Kier alpha value is -6.30. The van der Waals surface area contributed by atoms with Crippen LogP contribution in [0, 0.1) is 0 Å². The number of amides is 2. The molecule has 4 aromatic heterocycles. The molecule has 0 bridgehead atoms. The Morgan fingerprint density at radius 2 is 0.980 bits per heavy atom. The minimum atomic E-state index is -0.415. The summed E-state index contributed by atoms with van der Waals surface area (Å²) < 4.78 is 11.0. The Bertz CT molecular complexity index is 2200. The van der Waals surface area contributed by atoms with Crippen LogP contribution in [0.3, 0.4) is 0 Å². The fourth-order valence-corrected chi connectivity index (χ4v) is 4.80. The number of hydrogen-bond donors (Lipinski definition) is 2. The average molecular weight is 698 g/mol. The van der Waals surface area contributed by atoms with E-state index in [1.807, 2.05) is 97.1 Å². The van der Waals surface area contributed by atoms with Crippen molar-refractivity contribution in [1.29, 1.82) is 0 Å². The molecule has 13 heteroatoms. The summed E-state index contributed by atoms with van der Waals surface area (Å²) in [5.74, 6) is 0.563. The van der Waals surface area contributed by atoms with Crippen LogP contribution in [-0.4, -0.2) is 33.2 Å².